The van der Waals surface area contributed by atoms with Gasteiger partial charge in [-0.05, 0) is 60.6 Å². The molecule has 1 amide bonds. The van der Waals surface area contributed by atoms with Crippen molar-refractivity contribution in [2.24, 2.45) is 5.92 Å². The number of rotatable bonds is 15. The van der Waals surface area contributed by atoms with Crippen molar-refractivity contribution >= 4 is 17.7 Å². The first kappa shape index (κ1) is 29.9. The van der Waals surface area contributed by atoms with E-state index < -0.39 is 5.92 Å². The normalized spacial score (nSPS) is 19.3. The van der Waals surface area contributed by atoms with Crippen LogP contribution in [0.15, 0.2) is 47.4 Å². The number of carbonyl (C=O) groups excluding carboxylic acids is 1. The average Bonchev–Trinajstić information content (AvgIpc) is 2.91. The molecular formula is C32H44N2O3S. The van der Waals surface area contributed by atoms with Gasteiger partial charge in [0.1, 0.15) is 17.4 Å². The third-order valence-corrected chi connectivity index (χ3v) is 9.39. The molecule has 2 aromatic carbocycles. The van der Waals surface area contributed by atoms with Crippen LogP contribution in [-0.2, 0) is 10.2 Å². The summed E-state index contributed by atoms with van der Waals surface area (Å²) in [7, 11) is 0. The van der Waals surface area contributed by atoms with Crippen molar-refractivity contribution in [3.8, 4) is 17.6 Å². The molecule has 3 atom stereocenters. The minimum atomic E-state index is -0.508. The zero-order valence-electron chi connectivity index (χ0n) is 23.0. The van der Waals surface area contributed by atoms with E-state index in [9.17, 15) is 20.3 Å². The number of hydrogen-bond acceptors (Lipinski definition) is 5. The molecule has 0 spiro atoms. The predicted octanol–water partition coefficient (Wildman–Crippen LogP) is 7.81. The fraction of sp³-hybridized carbons (Fsp3) is 0.562. The van der Waals surface area contributed by atoms with E-state index in [2.05, 4.69) is 43.4 Å². The number of nitriles is 1. The number of phenols is 2. The Morgan fingerprint density at radius 3 is 2.37 bits per heavy atom. The van der Waals surface area contributed by atoms with Gasteiger partial charge in [0.25, 0.3) is 0 Å². The van der Waals surface area contributed by atoms with Crippen LogP contribution in [-0.4, -0.2) is 28.4 Å². The van der Waals surface area contributed by atoms with Crippen molar-refractivity contribution < 1.29 is 15.0 Å². The molecule has 5 nitrogen and oxygen atoms in total. The largest absolute Gasteiger partial charge is 0.508 e. The van der Waals surface area contributed by atoms with Crippen LogP contribution >= 0.6 is 11.8 Å². The lowest BCUT2D eigenvalue weighted by molar-refractivity contribution is -0.123. The number of nitrogens with one attached hydrogen (secondary N) is 1. The van der Waals surface area contributed by atoms with E-state index in [1.807, 2.05) is 23.9 Å². The van der Waals surface area contributed by atoms with Gasteiger partial charge in [0.05, 0.1) is 6.07 Å². The minimum absolute atomic E-state index is 0.0339. The molecule has 6 heteroatoms. The van der Waals surface area contributed by atoms with Crippen LogP contribution < -0.4 is 5.32 Å². The monoisotopic (exact) mass is 536 g/mol. The third-order valence-electron chi connectivity index (χ3n) is 7.98. The van der Waals surface area contributed by atoms with Crippen molar-refractivity contribution in [2.45, 2.75) is 101 Å². The molecule has 0 bridgehead atoms. The van der Waals surface area contributed by atoms with Gasteiger partial charge >= 0.3 is 0 Å². The van der Waals surface area contributed by atoms with Crippen LogP contribution in [0.3, 0.4) is 0 Å². The highest BCUT2D eigenvalue weighted by Crippen LogP contribution is 2.52. The summed E-state index contributed by atoms with van der Waals surface area (Å²) >= 11 is 1.81. The second-order valence-corrected chi connectivity index (χ2v) is 11.9. The Morgan fingerprint density at radius 1 is 1.03 bits per heavy atom. The maximum absolute atomic E-state index is 12.1. The molecule has 0 saturated heterocycles. The lowest BCUT2D eigenvalue weighted by Crippen LogP contribution is -2.36. The number of carbonyl (C=O) groups is 1. The summed E-state index contributed by atoms with van der Waals surface area (Å²) < 4.78 is 0. The minimum Gasteiger partial charge on any atom is -0.508 e. The molecule has 38 heavy (non-hydrogen) atoms. The van der Waals surface area contributed by atoms with Crippen LogP contribution in [0.5, 0.6) is 11.5 Å². The fourth-order valence-corrected chi connectivity index (χ4v) is 6.97. The van der Waals surface area contributed by atoms with Crippen molar-refractivity contribution in [1.82, 2.24) is 5.32 Å². The molecule has 0 fully saturated rings. The highest BCUT2D eigenvalue weighted by molar-refractivity contribution is 7.99. The molecule has 0 radical (unpaired) electrons. The summed E-state index contributed by atoms with van der Waals surface area (Å²) in [6.45, 7) is 5.07. The number of thioether (sulfide) groups is 1. The highest BCUT2D eigenvalue weighted by atomic mass is 32.2. The van der Waals surface area contributed by atoms with E-state index in [4.69, 9.17) is 0 Å². The number of amides is 1. The number of unbranched alkanes of at least 4 members (excludes halogenated alkanes) is 7. The molecule has 2 aromatic rings. The number of hydrogen-bond donors (Lipinski definition) is 3. The average molecular weight is 537 g/mol. The Balaban J connectivity index is 1.42. The summed E-state index contributed by atoms with van der Waals surface area (Å²) in [6.07, 6.45) is 11.7. The first-order valence-corrected chi connectivity index (χ1v) is 15.3. The standard InChI is InChI=1S/C32H44N2O3S/c1-3-4-12-24(22-33)31(37)34-20-11-9-7-5-6-8-10-13-29-28-19-18-27(36)21-30(28)38-23-32(29,2)25-14-16-26(35)17-15-25/h14-19,21,24,29,35-36H,3-13,20,23H2,1-2H3,(H,34,37). The summed E-state index contributed by atoms with van der Waals surface area (Å²) in [6, 6.07) is 15.6. The molecule has 3 N–H and O–H groups in total. The summed E-state index contributed by atoms with van der Waals surface area (Å²) in [5, 5.41) is 31.9. The van der Waals surface area contributed by atoms with Gasteiger partial charge in [0, 0.05) is 22.6 Å². The number of phenolic OH excluding ortho intramolecular Hbond substituents is 2. The molecule has 206 valence electrons. The Hall–Kier alpha value is -2.65. The van der Waals surface area contributed by atoms with Gasteiger partial charge in [-0.1, -0.05) is 83.4 Å². The SMILES string of the molecule is CCCCC(C#N)C(=O)NCCCCCCCCCC1c2ccc(O)cc2SCC1(C)c1ccc(O)cc1. The molecule has 3 unspecified atom stereocenters. The van der Waals surface area contributed by atoms with Crippen LogP contribution in [0.4, 0.5) is 0 Å². The second-order valence-electron chi connectivity index (χ2n) is 10.9. The molecular weight excluding hydrogens is 492 g/mol. The first-order valence-electron chi connectivity index (χ1n) is 14.3. The van der Waals surface area contributed by atoms with E-state index in [0.29, 0.717) is 30.4 Å². The van der Waals surface area contributed by atoms with Gasteiger partial charge in [-0.25, -0.2) is 0 Å². The zero-order chi connectivity index (χ0) is 27.4. The molecule has 0 aromatic heterocycles. The van der Waals surface area contributed by atoms with E-state index in [1.54, 1.807) is 12.1 Å². The summed E-state index contributed by atoms with van der Waals surface area (Å²) in [5.74, 6) is 1.31. The lowest BCUT2D eigenvalue weighted by Gasteiger charge is -2.43. The maximum atomic E-state index is 12.1. The van der Waals surface area contributed by atoms with Crippen molar-refractivity contribution in [3.63, 3.8) is 0 Å². The van der Waals surface area contributed by atoms with Crippen molar-refractivity contribution in [2.75, 3.05) is 12.3 Å². The Kier molecular flexibility index (Phi) is 11.9. The lowest BCUT2D eigenvalue weighted by atomic mass is 9.68. The smallest absolute Gasteiger partial charge is 0.237 e. The number of benzene rings is 2. The van der Waals surface area contributed by atoms with E-state index >= 15 is 0 Å². The zero-order valence-corrected chi connectivity index (χ0v) is 23.9. The fourth-order valence-electron chi connectivity index (χ4n) is 5.56. The van der Waals surface area contributed by atoms with Gasteiger partial charge in [-0.3, -0.25) is 4.79 Å². The summed E-state index contributed by atoms with van der Waals surface area (Å²) in [5.41, 5.74) is 2.54. The van der Waals surface area contributed by atoms with Crippen LogP contribution in [0.25, 0.3) is 0 Å². The van der Waals surface area contributed by atoms with Gasteiger partial charge in [-0.15, -0.1) is 11.8 Å². The van der Waals surface area contributed by atoms with Crippen LogP contribution in [0, 0.1) is 17.2 Å². The molecule has 3 rings (SSSR count). The Labute approximate surface area is 233 Å². The van der Waals surface area contributed by atoms with E-state index in [0.717, 1.165) is 44.3 Å². The van der Waals surface area contributed by atoms with E-state index in [1.165, 1.54) is 41.7 Å². The van der Waals surface area contributed by atoms with Gasteiger partial charge in [-0.2, -0.15) is 5.26 Å². The molecule has 0 saturated carbocycles. The van der Waals surface area contributed by atoms with Crippen molar-refractivity contribution in [3.05, 3.63) is 53.6 Å². The maximum Gasteiger partial charge on any atom is 0.237 e. The molecule has 1 aliphatic rings. The van der Waals surface area contributed by atoms with Crippen molar-refractivity contribution in [1.29, 1.82) is 5.26 Å². The van der Waals surface area contributed by atoms with Gasteiger partial charge < -0.3 is 15.5 Å². The molecule has 1 heterocycles. The predicted molar refractivity (Wildman–Crippen MR) is 156 cm³/mol. The Bertz CT molecular complexity index is 1070. The van der Waals surface area contributed by atoms with Gasteiger partial charge in [0.2, 0.25) is 5.91 Å². The number of aromatic hydroxyl groups is 2. The highest BCUT2D eigenvalue weighted by Gasteiger charge is 2.41. The Morgan fingerprint density at radius 2 is 1.68 bits per heavy atom. The van der Waals surface area contributed by atoms with E-state index in [-0.39, 0.29) is 11.3 Å². The van der Waals surface area contributed by atoms with Crippen LogP contribution in [0.1, 0.15) is 102 Å². The topological polar surface area (TPSA) is 93.4 Å². The molecule has 1 aliphatic heterocycles. The number of fused-ring (bicyclic) bond motifs is 1. The van der Waals surface area contributed by atoms with Gasteiger partial charge in [0.15, 0.2) is 0 Å². The second kappa shape index (κ2) is 15.1. The third kappa shape index (κ3) is 8.17. The quantitative estimate of drug-likeness (QED) is 0.202. The summed E-state index contributed by atoms with van der Waals surface area (Å²) in [4.78, 5) is 13.3. The molecule has 0 aliphatic carbocycles. The first-order chi connectivity index (χ1) is 18.4. The number of nitrogens with zero attached hydrogens (tertiary/aromatic N) is 1. The van der Waals surface area contributed by atoms with Crippen LogP contribution in [0.2, 0.25) is 0 Å².